The Bertz CT molecular complexity index is 227. The van der Waals surface area contributed by atoms with Crippen molar-refractivity contribution in [1.29, 1.82) is 0 Å². The number of amides is 1. The first-order valence-corrected chi connectivity index (χ1v) is 6.93. The molecule has 0 aromatic carbocycles. The van der Waals surface area contributed by atoms with Gasteiger partial charge in [0.1, 0.15) is 0 Å². The molecule has 1 N–H and O–H groups in total. The van der Waals surface area contributed by atoms with Crippen LogP contribution in [-0.4, -0.2) is 19.2 Å². The van der Waals surface area contributed by atoms with E-state index in [2.05, 4.69) is 18.5 Å². The third kappa shape index (κ3) is 12.8. The Labute approximate surface area is 111 Å². The number of allylic oxidation sites excluding steroid dienone is 2. The third-order valence-electron chi connectivity index (χ3n) is 2.64. The van der Waals surface area contributed by atoms with Gasteiger partial charge in [0.25, 0.3) is 0 Å². The van der Waals surface area contributed by atoms with E-state index in [4.69, 9.17) is 4.74 Å². The first-order chi connectivity index (χ1) is 8.81. The predicted molar refractivity (Wildman–Crippen MR) is 76.7 cm³/mol. The molecule has 104 valence electrons. The molecule has 3 nitrogen and oxygen atoms in total. The molecule has 0 aromatic heterocycles. The average Bonchev–Trinajstić information content (AvgIpc) is 2.37. The highest BCUT2D eigenvalue weighted by Gasteiger charge is 1.99. The van der Waals surface area contributed by atoms with E-state index in [1.807, 2.05) is 12.2 Å². The largest absolute Gasteiger partial charge is 0.450 e. The third-order valence-corrected chi connectivity index (χ3v) is 2.64. The number of carbonyl (C=O) groups excluding carboxylic acids is 1. The van der Waals surface area contributed by atoms with Gasteiger partial charge in [-0.1, -0.05) is 25.0 Å². The topological polar surface area (TPSA) is 38.3 Å². The fraction of sp³-hybridized carbons (Fsp3) is 0.667. The molecule has 0 aliphatic rings. The van der Waals surface area contributed by atoms with Gasteiger partial charge in [-0.15, -0.1) is 13.2 Å². The lowest BCUT2D eigenvalue weighted by molar-refractivity contribution is 0.144. The second kappa shape index (κ2) is 13.8. The molecule has 18 heavy (non-hydrogen) atoms. The van der Waals surface area contributed by atoms with Gasteiger partial charge in [0.2, 0.25) is 0 Å². The van der Waals surface area contributed by atoms with Crippen LogP contribution in [0.15, 0.2) is 25.3 Å². The first kappa shape index (κ1) is 16.8. The molecule has 0 heterocycles. The molecule has 0 bridgehead atoms. The van der Waals surface area contributed by atoms with Gasteiger partial charge in [0, 0.05) is 6.54 Å². The first-order valence-electron chi connectivity index (χ1n) is 6.93. The predicted octanol–water partition coefficient (Wildman–Crippen LogP) is 4.21. The van der Waals surface area contributed by atoms with Crippen molar-refractivity contribution >= 4 is 6.09 Å². The zero-order valence-corrected chi connectivity index (χ0v) is 11.5. The molecule has 0 aromatic rings. The van der Waals surface area contributed by atoms with Crippen LogP contribution in [0.25, 0.3) is 0 Å². The number of nitrogens with one attached hydrogen (secondary N) is 1. The molecule has 0 saturated heterocycles. The molecule has 0 radical (unpaired) electrons. The lowest BCUT2D eigenvalue weighted by Crippen LogP contribution is -2.25. The van der Waals surface area contributed by atoms with Crippen LogP contribution in [0.3, 0.4) is 0 Å². The van der Waals surface area contributed by atoms with Crippen molar-refractivity contribution in [1.82, 2.24) is 5.32 Å². The van der Waals surface area contributed by atoms with E-state index in [-0.39, 0.29) is 6.09 Å². The summed E-state index contributed by atoms with van der Waals surface area (Å²) in [5.41, 5.74) is 0. The highest BCUT2D eigenvalue weighted by Crippen LogP contribution is 2.02. The highest BCUT2D eigenvalue weighted by molar-refractivity contribution is 5.66. The van der Waals surface area contributed by atoms with Crippen molar-refractivity contribution in [3.8, 4) is 0 Å². The van der Waals surface area contributed by atoms with Gasteiger partial charge in [-0.05, 0) is 38.5 Å². The second-order valence-electron chi connectivity index (χ2n) is 4.34. The fourth-order valence-corrected chi connectivity index (χ4v) is 1.56. The molecule has 3 heteroatoms. The average molecular weight is 253 g/mol. The van der Waals surface area contributed by atoms with Crippen molar-refractivity contribution in [3.63, 3.8) is 0 Å². The van der Waals surface area contributed by atoms with Gasteiger partial charge in [0.05, 0.1) is 6.61 Å². The smallest absolute Gasteiger partial charge is 0.407 e. The van der Waals surface area contributed by atoms with Gasteiger partial charge in [-0.2, -0.15) is 0 Å². The molecule has 0 saturated carbocycles. The number of unbranched alkanes of at least 4 members (excludes halogenated alkanes) is 6. The van der Waals surface area contributed by atoms with Crippen molar-refractivity contribution in [3.05, 3.63) is 25.3 Å². The molecule has 0 fully saturated rings. The van der Waals surface area contributed by atoms with Gasteiger partial charge >= 0.3 is 6.09 Å². The molecule has 0 unspecified atom stereocenters. The Morgan fingerprint density at radius 2 is 1.56 bits per heavy atom. The van der Waals surface area contributed by atoms with Gasteiger partial charge in [-0.3, -0.25) is 0 Å². The number of carbonyl (C=O) groups is 1. The highest BCUT2D eigenvalue weighted by atomic mass is 16.5. The van der Waals surface area contributed by atoms with Crippen molar-refractivity contribution in [2.45, 2.75) is 51.4 Å². The zero-order chi connectivity index (χ0) is 13.5. The van der Waals surface area contributed by atoms with E-state index < -0.39 is 0 Å². The summed E-state index contributed by atoms with van der Waals surface area (Å²) >= 11 is 0. The van der Waals surface area contributed by atoms with Crippen LogP contribution >= 0.6 is 0 Å². The Morgan fingerprint density at radius 1 is 0.944 bits per heavy atom. The van der Waals surface area contributed by atoms with Crippen LogP contribution in [0.4, 0.5) is 4.79 Å². The summed E-state index contributed by atoms with van der Waals surface area (Å²) in [7, 11) is 0. The summed E-state index contributed by atoms with van der Waals surface area (Å²) < 4.78 is 5.04. The normalized spacial score (nSPS) is 9.78. The maximum absolute atomic E-state index is 11.2. The molecular formula is C15H27NO2. The summed E-state index contributed by atoms with van der Waals surface area (Å²) in [5.74, 6) is 0. The monoisotopic (exact) mass is 253 g/mol. The number of hydrogen-bond donors (Lipinski definition) is 1. The van der Waals surface area contributed by atoms with Crippen molar-refractivity contribution < 1.29 is 9.53 Å². The molecule has 0 aliphatic heterocycles. The Kier molecular flexibility index (Phi) is 12.9. The van der Waals surface area contributed by atoms with Crippen LogP contribution in [0.5, 0.6) is 0 Å². The zero-order valence-electron chi connectivity index (χ0n) is 11.5. The lowest BCUT2D eigenvalue weighted by Gasteiger charge is -2.06. The van der Waals surface area contributed by atoms with Crippen molar-refractivity contribution in [2.24, 2.45) is 0 Å². The van der Waals surface area contributed by atoms with Crippen LogP contribution in [0.2, 0.25) is 0 Å². The van der Waals surface area contributed by atoms with E-state index in [0.717, 1.165) is 38.5 Å². The summed E-state index contributed by atoms with van der Waals surface area (Å²) in [6.45, 7) is 8.54. The van der Waals surface area contributed by atoms with Crippen LogP contribution in [-0.2, 0) is 4.74 Å². The minimum atomic E-state index is -0.292. The van der Waals surface area contributed by atoms with E-state index >= 15 is 0 Å². The maximum atomic E-state index is 11.2. The van der Waals surface area contributed by atoms with E-state index in [9.17, 15) is 4.79 Å². The van der Waals surface area contributed by atoms with Crippen molar-refractivity contribution in [2.75, 3.05) is 13.2 Å². The lowest BCUT2D eigenvalue weighted by atomic mass is 10.1. The van der Waals surface area contributed by atoms with Gasteiger partial charge < -0.3 is 10.1 Å². The van der Waals surface area contributed by atoms with Crippen LogP contribution in [0, 0.1) is 0 Å². The maximum Gasteiger partial charge on any atom is 0.407 e. The second-order valence-corrected chi connectivity index (χ2v) is 4.34. The number of hydrogen-bond acceptors (Lipinski definition) is 2. The minimum Gasteiger partial charge on any atom is -0.450 e. The quantitative estimate of drug-likeness (QED) is 0.418. The molecule has 0 aliphatic carbocycles. The number of alkyl carbamates (subject to hydrolysis) is 1. The SMILES string of the molecule is C=CCCCCCCNC(=O)OCCCCC=C. The Hall–Kier alpha value is -1.25. The number of rotatable bonds is 12. The van der Waals surface area contributed by atoms with E-state index in [0.29, 0.717) is 13.2 Å². The Morgan fingerprint density at radius 3 is 2.22 bits per heavy atom. The van der Waals surface area contributed by atoms with E-state index in [1.54, 1.807) is 0 Å². The minimum absolute atomic E-state index is 0.292. The van der Waals surface area contributed by atoms with Crippen LogP contribution < -0.4 is 5.32 Å². The molecule has 1 amide bonds. The standard InChI is InChI=1S/C15H27NO2/c1-3-5-7-9-10-11-13-16-15(17)18-14-12-8-6-4-2/h3-4H,1-2,5-14H2,(H,16,17). The van der Waals surface area contributed by atoms with Gasteiger partial charge in [-0.25, -0.2) is 4.79 Å². The molecular weight excluding hydrogens is 226 g/mol. The summed E-state index contributed by atoms with van der Waals surface area (Å²) in [5, 5.41) is 2.76. The number of ether oxygens (including phenoxy) is 1. The van der Waals surface area contributed by atoms with Crippen LogP contribution in [0.1, 0.15) is 51.4 Å². The molecule has 0 rings (SSSR count). The Balaban J connectivity index is 3.16. The summed E-state index contributed by atoms with van der Waals surface area (Å²) in [6.07, 6.45) is 12.1. The molecule has 0 atom stereocenters. The van der Waals surface area contributed by atoms with E-state index in [1.165, 1.54) is 12.8 Å². The summed E-state index contributed by atoms with van der Waals surface area (Å²) in [6, 6.07) is 0. The molecule has 0 spiro atoms. The van der Waals surface area contributed by atoms with Gasteiger partial charge in [0.15, 0.2) is 0 Å². The fourth-order valence-electron chi connectivity index (χ4n) is 1.56. The summed E-state index contributed by atoms with van der Waals surface area (Å²) in [4.78, 5) is 11.2.